The van der Waals surface area contributed by atoms with E-state index in [0.717, 1.165) is 22.7 Å². The van der Waals surface area contributed by atoms with Crippen LogP contribution in [0.4, 0.5) is 0 Å². The van der Waals surface area contributed by atoms with Crippen molar-refractivity contribution in [1.82, 2.24) is 19.5 Å². The number of hydrogen-bond donors (Lipinski definition) is 1. The minimum Gasteiger partial charge on any atom is -0.335 e. The Morgan fingerprint density at radius 3 is 2.87 bits per heavy atom. The summed E-state index contributed by atoms with van der Waals surface area (Å²) in [5, 5.41) is 0. The van der Waals surface area contributed by atoms with Gasteiger partial charge in [0, 0.05) is 19.4 Å². The maximum Gasteiger partial charge on any atom is 0.175 e. The predicted octanol–water partition coefficient (Wildman–Crippen LogP) is 1.96. The third-order valence-electron chi connectivity index (χ3n) is 2.42. The number of H-pyrrole nitrogens is 1. The van der Waals surface area contributed by atoms with E-state index in [1.807, 2.05) is 42.1 Å². The van der Waals surface area contributed by atoms with E-state index in [2.05, 4.69) is 15.0 Å². The molecule has 0 spiro atoms. The van der Waals surface area contributed by atoms with Gasteiger partial charge < -0.3 is 9.55 Å². The maximum absolute atomic E-state index is 4.48. The number of rotatable bonds is 1. The molecule has 0 aliphatic rings. The first-order valence-electron chi connectivity index (χ1n) is 4.77. The molecule has 0 atom stereocenters. The van der Waals surface area contributed by atoms with E-state index in [1.165, 1.54) is 0 Å². The number of fused-ring (bicyclic) bond motifs is 1. The van der Waals surface area contributed by atoms with E-state index in [4.69, 9.17) is 0 Å². The third kappa shape index (κ3) is 1.22. The molecule has 0 aliphatic heterocycles. The minimum absolute atomic E-state index is 0.809. The van der Waals surface area contributed by atoms with Crippen LogP contribution in [0.2, 0.25) is 0 Å². The van der Waals surface area contributed by atoms with Crippen molar-refractivity contribution in [3.63, 3.8) is 0 Å². The minimum atomic E-state index is 0.809. The molecule has 4 nitrogen and oxygen atoms in total. The molecule has 2 aromatic heterocycles. The molecule has 0 fully saturated rings. The summed E-state index contributed by atoms with van der Waals surface area (Å²) in [7, 11) is 1.95. The lowest BCUT2D eigenvalue weighted by molar-refractivity contribution is 0.913. The zero-order valence-electron chi connectivity index (χ0n) is 8.31. The van der Waals surface area contributed by atoms with Crippen molar-refractivity contribution < 1.29 is 0 Å². The zero-order chi connectivity index (χ0) is 10.3. The Bertz CT molecular complexity index is 573. The van der Waals surface area contributed by atoms with E-state index in [1.54, 1.807) is 6.20 Å². The molecule has 15 heavy (non-hydrogen) atoms. The second-order valence-corrected chi connectivity index (χ2v) is 3.46. The lowest BCUT2D eigenvalue weighted by Crippen LogP contribution is -1.92. The molecule has 1 N–H and O–H groups in total. The van der Waals surface area contributed by atoms with Crippen molar-refractivity contribution in [1.29, 1.82) is 0 Å². The highest BCUT2D eigenvalue weighted by Gasteiger charge is 2.07. The Hall–Kier alpha value is -2.10. The molecule has 3 rings (SSSR count). The number of nitrogens with zero attached hydrogens (tertiary/aromatic N) is 3. The summed E-state index contributed by atoms with van der Waals surface area (Å²) in [5.74, 6) is 1.66. The normalized spacial score (nSPS) is 11.0. The van der Waals surface area contributed by atoms with Crippen molar-refractivity contribution in [2.24, 2.45) is 7.05 Å². The van der Waals surface area contributed by atoms with E-state index >= 15 is 0 Å². The molecule has 0 saturated heterocycles. The van der Waals surface area contributed by atoms with Gasteiger partial charge in [-0.3, -0.25) is 0 Å². The summed E-state index contributed by atoms with van der Waals surface area (Å²) >= 11 is 0. The van der Waals surface area contributed by atoms with Gasteiger partial charge in [0.1, 0.15) is 0 Å². The third-order valence-corrected chi connectivity index (χ3v) is 2.42. The highest BCUT2D eigenvalue weighted by Crippen LogP contribution is 2.17. The number of imidazole rings is 2. The molecular weight excluding hydrogens is 188 g/mol. The smallest absolute Gasteiger partial charge is 0.175 e. The predicted molar refractivity (Wildman–Crippen MR) is 58.3 cm³/mol. The number of aromatic nitrogens is 4. The molecule has 74 valence electrons. The van der Waals surface area contributed by atoms with E-state index in [0.29, 0.717) is 0 Å². The molecule has 1 aromatic carbocycles. The van der Waals surface area contributed by atoms with Crippen LogP contribution in [-0.2, 0) is 7.05 Å². The van der Waals surface area contributed by atoms with Crippen molar-refractivity contribution in [2.75, 3.05) is 0 Å². The fourth-order valence-corrected chi connectivity index (χ4v) is 1.65. The number of benzene rings is 1. The highest BCUT2D eigenvalue weighted by molar-refractivity contribution is 5.78. The fourth-order valence-electron chi connectivity index (χ4n) is 1.65. The van der Waals surface area contributed by atoms with Gasteiger partial charge in [0.05, 0.1) is 11.0 Å². The summed E-state index contributed by atoms with van der Waals surface area (Å²) in [4.78, 5) is 12.0. The standard InChI is InChI=1S/C11H10N4/c1-15-7-6-12-11(15)10-13-8-4-2-3-5-9(8)14-10/h2-7H,1H3,(H,13,14). The Morgan fingerprint density at radius 1 is 1.27 bits per heavy atom. The molecule has 0 saturated carbocycles. The molecule has 0 amide bonds. The van der Waals surface area contributed by atoms with Crippen LogP contribution in [-0.4, -0.2) is 19.5 Å². The first-order chi connectivity index (χ1) is 7.34. The Balaban J connectivity index is 2.24. The van der Waals surface area contributed by atoms with Crippen LogP contribution >= 0.6 is 0 Å². The second kappa shape index (κ2) is 2.95. The first-order valence-corrected chi connectivity index (χ1v) is 4.77. The number of para-hydroxylation sites is 2. The zero-order valence-corrected chi connectivity index (χ0v) is 8.31. The van der Waals surface area contributed by atoms with Gasteiger partial charge in [0.2, 0.25) is 0 Å². The van der Waals surface area contributed by atoms with E-state index in [-0.39, 0.29) is 0 Å². The van der Waals surface area contributed by atoms with Crippen LogP contribution in [0.3, 0.4) is 0 Å². The molecule has 3 aromatic rings. The van der Waals surface area contributed by atoms with Crippen molar-refractivity contribution in [2.45, 2.75) is 0 Å². The Labute approximate surface area is 86.6 Å². The van der Waals surface area contributed by atoms with Crippen molar-refractivity contribution in [3.8, 4) is 11.6 Å². The Kier molecular flexibility index (Phi) is 1.62. The van der Waals surface area contributed by atoms with Crippen LogP contribution in [0.15, 0.2) is 36.7 Å². The lowest BCUT2D eigenvalue weighted by atomic mass is 10.3. The monoisotopic (exact) mass is 198 g/mol. The van der Waals surface area contributed by atoms with Gasteiger partial charge in [0.15, 0.2) is 11.6 Å². The summed E-state index contributed by atoms with van der Waals surface area (Å²) in [6.45, 7) is 0. The van der Waals surface area contributed by atoms with Gasteiger partial charge in [-0.1, -0.05) is 12.1 Å². The van der Waals surface area contributed by atoms with Crippen molar-refractivity contribution in [3.05, 3.63) is 36.7 Å². The highest BCUT2D eigenvalue weighted by atomic mass is 15.1. The first kappa shape index (κ1) is 8.23. The molecule has 0 aliphatic carbocycles. The largest absolute Gasteiger partial charge is 0.335 e. The van der Waals surface area contributed by atoms with Gasteiger partial charge in [0.25, 0.3) is 0 Å². The number of nitrogens with one attached hydrogen (secondary N) is 1. The van der Waals surface area contributed by atoms with Gasteiger partial charge in [-0.25, -0.2) is 9.97 Å². The topological polar surface area (TPSA) is 46.5 Å². The van der Waals surface area contributed by atoms with Gasteiger partial charge in [-0.2, -0.15) is 0 Å². The molecule has 0 radical (unpaired) electrons. The van der Waals surface area contributed by atoms with Gasteiger partial charge in [-0.15, -0.1) is 0 Å². The van der Waals surface area contributed by atoms with Gasteiger partial charge >= 0.3 is 0 Å². The molecular formula is C11H10N4. The average Bonchev–Trinajstić information content (AvgIpc) is 2.82. The molecule has 4 heteroatoms. The van der Waals surface area contributed by atoms with E-state index in [9.17, 15) is 0 Å². The van der Waals surface area contributed by atoms with Gasteiger partial charge in [-0.05, 0) is 12.1 Å². The summed E-state index contributed by atoms with van der Waals surface area (Å²) in [6.07, 6.45) is 3.67. The number of aromatic amines is 1. The summed E-state index contributed by atoms with van der Waals surface area (Å²) in [6, 6.07) is 7.96. The summed E-state index contributed by atoms with van der Waals surface area (Å²) in [5.41, 5.74) is 2.01. The fraction of sp³-hybridized carbons (Fsp3) is 0.0909. The molecule has 0 bridgehead atoms. The van der Waals surface area contributed by atoms with Crippen LogP contribution in [0.25, 0.3) is 22.7 Å². The molecule has 0 unspecified atom stereocenters. The lowest BCUT2D eigenvalue weighted by Gasteiger charge is -1.95. The molecule has 2 heterocycles. The quantitative estimate of drug-likeness (QED) is 0.649. The number of aryl methyl sites for hydroxylation is 1. The number of hydrogen-bond acceptors (Lipinski definition) is 2. The maximum atomic E-state index is 4.48. The summed E-state index contributed by atoms with van der Waals surface area (Å²) < 4.78 is 1.94. The van der Waals surface area contributed by atoms with Crippen LogP contribution in [0.1, 0.15) is 0 Å². The van der Waals surface area contributed by atoms with Crippen LogP contribution in [0.5, 0.6) is 0 Å². The van der Waals surface area contributed by atoms with E-state index < -0.39 is 0 Å². The average molecular weight is 198 g/mol. The Morgan fingerprint density at radius 2 is 2.13 bits per heavy atom. The SMILES string of the molecule is Cn1ccnc1-c1nc2ccccc2[nH]1. The van der Waals surface area contributed by atoms with Crippen LogP contribution < -0.4 is 0 Å². The van der Waals surface area contributed by atoms with Crippen molar-refractivity contribution >= 4 is 11.0 Å². The van der Waals surface area contributed by atoms with Crippen LogP contribution in [0, 0.1) is 0 Å². The second-order valence-electron chi connectivity index (χ2n) is 3.46.